The number of ether oxygens (including phenoxy) is 3. The fraction of sp³-hybridized carbons (Fsp3) is 0.650. The van der Waals surface area contributed by atoms with E-state index in [1.165, 1.54) is 4.90 Å². The molecule has 2 aromatic rings. The van der Waals surface area contributed by atoms with Crippen LogP contribution in [0.2, 0.25) is 0 Å². The third kappa shape index (κ3) is 9.07. The minimum Gasteiger partial charge on any atom is -0.497 e. The molecular formula is C40H57N7O9S. The van der Waals surface area contributed by atoms with Crippen LogP contribution in [-0.2, 0) is 29.1 Å². The molecule has 3 N–H and O–H groups in total. The second kappa shape index (κ2) is 15.6. The van der Waals surface area contributed by atoms with E-state index in [1.807, 2.05) is 19.1 Å². The molecule has 17 heteroatoms. The average molecular weight is 812 g/mol. The summed E-state index contributed by atoms with van der Waals surface area (Å²) in [4.78, 5) is 69.1. The zero-order valence-corrected chi connectivity index (χ0v) is 35.2. The maximum absolute atomic E-state index is 14.9. The number of sulfonamides is 1. The van der Waals surface area contributed by atoms with Crippen molar-refractivity contribution in [3.63, 3.8) is 0 Å². The van der Waals surface area contributed by atoms with E-state index in [1.54, 1.807) is 72.0 Å². The largest absolute Gasteiger partial charge is 0.497 e. The van der Waals surface area contributed by atoms with Crippen LogP contribution in [0.15, 0.2) is 30.4 Å². The van der Waals surface area contributed by atoms with Gasteiger partial charge in [0.1, 0.15) is 35.1 Å². The second-order valence-electron chi connectivity index (χ2n) is 17.7. The Morgan fingerprint density at radius 3 is 2.46 bits per heavy atom. The van der Waals surface area contributed by atoms with Crippen molar-refractivity contribution < 1.29 is 41.8 Å². The molecule has 0 bridgehead atoms. The first-order valence-electron chi connectivity index (χ1n) is 19.7. The van der Waals surface area contributed by atoms with Gasteiger partial charge < -0.3 is 34.6 Å². The molecule has 2 aliphatic carbocycles. The number of carbonyl (C=O) groups is 4. The van der Waals surface area contributed by atoms with Crippen LogP contribution in [0.25, 0.3) is 10.9 Å². The maximum Gasteiger partial charge on any atom is 0.408 e. The number of aromatic nitrogens is 2. The van der Waals surface area contributed by atoms with Crippen molar-refractivity contribution in [3.05, 3.63) is 30.4 Å². The molecule has 1 unspecified atom stereocenters. The molecule has 3 fully saturated rings. The minimum absolute atomic E-state index is 0.00897. The summed E-state index contributed by atoms with van der Waals surface area (Å²) in [5, 5.41) is 6.31. The number of alkyl carbamates (subject to hydrolysis) is 1. The number of amides is 4. The van der Waals surface area contributed by atoms with Gasteiger partial charge >= 0.3 is 6.09 Å². The van der Waals surface area contributed by atoms with Crippen molar-refractivity contribution in [1.29, 1.82) is 0 Å². The molecule has 312 valence electrons. The first-order valence-corrected chi connectivity index (χ1v) is 21.2. The first kappa shape index (κ1) is 41.9. The van der Waals surface area contributed by atoms with E-state index < -0.39 is 73.8 Å². The molecule has 2 aliphatic heterocycles. The molecule has 6 rings (SSSR count). The van der Waals surface area contributed by atoms with Crippen LogP contribution >= 0.6 is 0 Å². The number of allylic oxidation sites excluding steroid dienone is 1. The van der Waals surface area contributed by atoms with Crippen molar-refractivity contribution in [1.82, 2.24) is 30.2 Å². The van der Waals surface area contributed by atoms with Gasteiger partial charge in [-0.3, -0.25) is 19.1 Å². The number of nitrogens with one attached hydrogen (secondary N) is 3. The van der Waals surface area contributed by atoms with E-state index >= 15 is 0 Å². The zero-order chi connectivity index (χ0) is 41.7. The van der Waals surface area contributed by atoms with Gasteiger partial charge in [-0.15, -0.1) is 0 Å². The Morgan fingerprint density at radius 1 is 1.09 bits per heavy atom. The smallest absolute Gasteiger partial charge is 0.408 e. The molecular weight excluding hydrogens is 755 g/mol. The van der Waals surface area contributed by atoms with Crippen LogP contribution in [0, 0.1) is 17.8 Å². The molecule has 1 aromatic carbocycles. The number of anilines is 1. The van der Waals surface area contributed by atoms with E-state index in [0.717, 1.165) is 6.42 Å². The van der Waals surface area contributed by atoms with Crippen LogP contribution in [0.1, 0.15) is 86.5 Å². The van der Waals surface area contributed by atoms with Gasteiger partial charge in [-0.2, -0.15) is 4.98 Å². The van der Waals surface area contributed by atoms with Gasteiger partial charge in [-0.1, -0.05) is 26.0 Å². The summed E-state index contributed by atoms with van der Waals surface area (Å²) >= 11 is 0. The Hall–Kier alpha value is -4.67. The standard InChI is InChI=1S/C40H57N7O9S/c1-23-12-10-11-13-25-21-40(25,35(50)45-57(52,53)39(6)16-17-39)44-32(48)30-20-27(22-47(30)34(49)31(24(2)18-23)42-37(51)56-38(3,4)5)55-33-28-15-14-26(54-9)19-29(28)41-36(43-33)46(7)8/h11,13-15,19,23-25,27,30-31H,10,12,16-18,20-22H2,1-9H3,(H,42,51)(H,44,48)(H,45,50)/b13-11-/t23-,24-,25?,27-,30+,31+,40-/m1/s1. The average Bonchev–Trinajstić information content (AvgIpc) is 4.00. The van der Waals surface area contributed by atoms with Crippen LogP contribution in [0.5, 0.6) is 11.6 Å². The summed E-state index contributed by atoms with van der Waals surface area (Å²) < 4.78 is 45.3. The predicted molar refractivity (Wildman–Crippen MR) is 213 cm³/mol. The van der Waals surface area contributed by atoms with Gasteiger partial charge in [-0.05, 0) is 90.2 Å². The highest BCUT2D eigenvalue weighted by Crippen LogP contribution is 2.47. The highest BCUT2D eigenvalue weighted by Gasteiger charge is 2.63. The van der Waals surface area contributed by atoms with Crippen LogP contribution in [0.4, 0.5) is 10.7 Å². The number of fused-ring (bicyclic) bond motifs is 3. The lowest BCUT2D eigenvalue weighted by Gasteiger charge is -2.33. The number of hydrogen-bond acceptors (Lipinski definition) is 12. The number of rotatable bonds is 8. The van der Waals surface area contributed by atoms with Gasteiger partial charge in [0.25, 0.3) is 5.91 Å². The Balaban J connectivity index is 1.37. The summed E-state index contributed by atoms with van der Waals surface area (Å²) in [6.45, 7) is 10.7. The van der Waals surface area contributed by atoms with Crippen molar-refractivity contribution in [2.45, 2.75) is 121 Å². The molecule has 16 nitrogen and oxygen atoms in total. The highest BCUT2D eigenvalue weighted by molar-refractivity contribution is 7.91. The van der Waals surface area contributed by atoms with E-state index in [0.29, 0.717) is 48.3 Å². The molecule has 1 aromatic heterocycles. The summed E-state index contributed by atoms with van der Waals surface area (Å²) in [5.74, 6) is -1.46. The maximum atomic E-state index is 14.9. The topological polar surface area (TPSA) is 198 Å². The SMILES string of the molecule is COc1ccc2c(O[C@@H]3C[C@H]4C(=O)N[C@]5(C(=O)NS(=O)(=O)C6(C)CC6)CC5/C=C\CC[C@@H](C)C[C@@H](C)[C@H](NC(=O)OC(C)(C)C)C(=O)N4C3)nc(N(C)C)nc2c1. The monoisotopic (exact) mass is 811 g/mol. The van der Waals surface area contributed by atoms with Gasteiger partial charge in [0.05, 0.1) is 29.3 Å². The third-order valence-corrected chi connectivity index (χ3v) is 13.6. The fourth-order valence-corrected chi connectivity index (χ4v) is 8.99. The van der Waals surface area contributed by atoms with Gasteiger partial charge in [-0.25, -0.2) is 18.2 Å². The number of carbonyl (C=O) groups excluding carboxylic acids is 4. The second-order valence-corrected chi connectivity index (χ2v) is 19.9. The molecule has 4 amide bonds. The molecule has 0 radical (unpaired) electrons. The zero-order valence-electron chi connectivity index (χ0n) is 34.4. The Bertz CT molecular complexity index is 2050. The van der Waals surface area contributed by atoms with Crippen molar-refractivity contribution in [3.8, 4) is 11.6 Å². The minimum atomic E-state index is -4.01. The number of nitrogens with zero attached hydrogens (tertiary/aromatic N) is 4. The van der Waals surface area contributed by atoms with Gasteiger partial charge in [0.15, 0.2) is 0 Å². The van der Waals surface area contributed by atoms with Gasteiger partial charge in [0, 0.05) is 32.5 Å². The molecule has 0 spiro atoms. The van der Waals surface area contributed by atoms with Crippen LogP contribution in [0.3, 0.4) is 0 Å². The quantitative estimate of drug-likeness (QED) is 0.326. The highest BCUT2D eigenvalue weighted by atomic mass is 32.2. The molecule has 1 saturated heterocycles. The van der Waals surface area contributed by atoms with Crippen molar-refractivity contribution in [2.75, 3.05) is 32.6 Å². The van der Waals surface area contributed by atoms with E-state index in [4.69, 9.17) is 14.2 Å². The molecule has 2 saturated carbocycles. The number of benzene rings is 1. The Morgan fingerprint density at radius 2 is 1.81 bits per heavy atom. The van der Waals surface area contributed by atoms with E-state index in [-0.39, 0.29) is 37.1 Å². The summed E-state index contributed by atoms with van der Waals surface area (Å²) in [5.41, 5.74) is -1.82. The Labute approximate surface area is 334 Å². The Kier molecular flexibility index (Phi) is 11.5. The summed E-state index contributed by atoms with van der Waals surface area (Å²) in [6.07, 6.45) is 5.37. The van der Waals surface area contributed by atoms with E-state index in [2.05, 4.69) is 32.2 Å². The fourth-order valence-electron chi connectivity index (χ4n) is 7.67. The normalized spacial score (nSPS) is 29.4. The van der Waals surface area contributed by atoms with Crippen LogP contribution < -0.4 is 29.7 Å². The van der Waals surface area contributed by atoms with Gasteiger partial charge in [0.2, 0.25) is 33.7 Å². The summed E-state index contributed by atoms with van der Waals surface area (Å²) in [6, 6.07) is 3.07. The number of methoxy groups -OCH3 is 1. The first-order chi connectivity index (χ1) is 26.6. The number of hydrogen-bond donors (Lipinski definition) is 3. The predicted octanol–water partition coefficient (Wildman–Crippen LogP) is 3.83. The van der Waals surface area contributed by atoms with Crippen molar-refractivity contribution in [2.24, 2.45) is 17.8 Å². The van der Waals surface area contributed by atoms with E-state index in [9.17, 15) is 27.6 Å². The van der Waals surface area contributed by atoms with Crippen molar-refractivity contribution >= 4 is 50.7 Å². The molecule has 7 atom stereocenters. The third-order valence-electron chi connectivity index (χ3n) is 11.5. The lowest BCUT2D eigenvalue weighted by Crippen LogP contribution is -2.59. The lowest BCUT2D eigenvalue weighted by atomic mass is 9.88. The molecule has 57 heavy (non-hydrogen) atoms. The molecule has 4 aliphatic rings. The summed E-state index contributed by atoms with van der Waals surface area (Å²) in [7, 11) is 1.13. The lowest BCUT2D eigenvalue weighted by molar-refractivity contribution is -0.142. The molecule has 3 heterocycles. The van der Waals surface area contributed by atoms with Crippen LogP contribution in [-0.4, -0.2) is 109 Å².